The Balaban J connectivity index is 1.64. The van der Waals surface area contributed by atoms with Crippen LogP contribution >= 0.6 is 0 Å². The number of fused-ring (bicyclic) bond motifs is 1. The van der Waals surface area contributed by atoms with E-state index in [0.29, 0.717) is 30.0 Å². The summed E-state index contributed by atoms with van der Waals surface area (Å²) in [6, 6.07) is 1.20. The quantitative estimate of drug-likeness (QED) is 0.827. The van der Waals surface area contributed by atoms with Crippen molar-refractivity contribution in [3.05, 3.63) is 28.0 Å². The second-order valence-electron chi connectivity index (χ2n) is 7.35. The molecule has 1 aliphatic rings. The normalized spacial score (nSPS) is 21.2. The molecule has 1 aliphatic heterocycles. The van der Waals surface area contributed by atoms with Gasteiger partial charge in [-0.15, -0.1) is 0 Å². The minimum absolute atomic E-state index is 0.215. The highest BCUT2D eigenvalue weighted by Crippen LogP contribution is 2.23. The molecule has 0 radical (unpaired) electrons. The molecule has 3 rings (SSSR count). The van der Waals surface area contributed by atoms with E-state index >= 15 is 0 Å². The number of nitrogens with one attached hydrogen (secondary N) is 1. The van der Waals surface area contributed by atoms with Gasteiger partial charge in [0.1, 0.15) is 17.5 Å². The van der Waals surface area contributed by atoms with Gasteiger partial charge in [0, 0.05) is 32.2 Å². The zero-order valence-corrected chi connectivity index (χ0v) is 16.0. The van der Waals surface area contributed by atoms with Crippen LogP contribution in [0.2, 0.25) is 0 Å². The molecule has 1 amide bonds. The Morgan fingerprint density at radius 3 is 2.73 bits per heavy atom. The largest absolute Gasteiger partial charge is 0.442 e. The molecule has 0 aromatic carbocycles. The van der Waals surface area contributed by atoms with Gasteiger partial charge in [-0.1, -0.05) is 6.42 Å². The Morgan fingerprint density at radius 1 is 1.35 bits per heavy atom. The second-order valence-corrected chi connectivity index (χ2v) is 7.35. The first-order valence-electron chi connectivity index (χ1n) is 9.38. The average molecular weight is 360 g/mol. The summed E-state index contributed by atoms with van der Waals surface area (Å²) in [4.78, 5) is 31.6. The monoisotopic (exact) mass is 360 g/mol. The van der Waals surface area contributed by atoms with Gasteiger partial charge in [0.05, 0.1) is 5.56 Å². The maximum atomic E-state index is 12.6. The molecular weight excluding hydrogens is 332 g/mol. The van der Waals surface area contributed by atoms with E-state index in [1.165, 1.54) is 30.2 Å². The summed E-state index contributed by atoms with van der Waals surface area (Å²) in [6.07, 6.45) is 6.06. The van der Waals surface area contributed by atoms with Crippen molar-refractivity contribution < 1.29 is 9.21 Å². The molecule has 3 heterocycles. The number of aryl methyl sites for hydroxylation is 2. The summed E-state index contributed by atoms with van der Waals surface area (Å²) in [5.41, 5.74) is 0.244. The van der Waals surface area contributed by atoms with Gasteiger partial charge >= 0.3 is 0 Å². The van der Waals surface area contributed by atoms with Gasteiger partial charge in [-0.3, -0.25) is 14.5 Å². The van der Waals surface area contributed by atoms with E-state index in [-0.39, 0.29) is 22.6 Å². The number of carbonyl (C=O) groups is 1. The number of nitrogens with zero attached hydrogens (tertiary/aromatic N) is 3. The van der Waals surface area contributed by atoms with Gasteiger partial charge in [0.25, 0.3) is 11.5 Å². The lowest BCUT2D eigenvalue weighted by Gasteiger charge is -2.39. The summed E-state index contributed by atoms with van der Waals surface area (Å²) >= 11 is 0. The molecule has 0 spiro atoms. The van der Waals surface area contributed by atoms with E-state index in [0.717, 1.165) is 13.0 Å². The summed E-state index contributed by atoms with van der Waals surface area (Å²) < 4.78 is 6.85. The Bertz CT molecular complexity index is 844. The van der Waals surface area contributed by atoms with Crippen molar-refractivity contribution in [1.82, 2.24) is 19.8 Å². The Labute approximate surface area is 153 Å². The molecule has 2 aromatic rings. The number of piperidine rings is 1. The molecule has 142 valence electrons. The van der Waals surface area contributed by atoms with E-state index in [9.17, 15) is 9.59 Å². The number of furan rings is 1. The fraction of sp³-hybridized carbons (Fsp3) is 0.632. The maximum absolute atomic E-state index is 12.6. The predicted octanol–water partition coefficient (Wildman–Crippen LogP) is 2.22. The molecule has 1 saturated heterocycles. The van der Waals surface area contributed by atoms with E-state index < -0.39 is 0 Å². The van der Waals surface area contributed by atoms with Gasteiger partial charge in [0.15, 0.2) is 0 Å². The van der Waals surface area contributed by atoms with E-state index in [4.69, 9.17) is 4.42 Å². The minimum atomic E-state index is -0.272. The highest BCUT2D eigenvalue weighted by atomic mass is 16.3. The molecule has 0 saturated carbocycles. The first kappa shape index (κ1) is 18.6. The number of rotatable bonds is 5. The maximum Gasteiger partial charge on any atom is 0.265 e. The van der Waals surface area contributed by atoms with Crippen LogP contribution < -0.4 is 10.9 Å². The van der Waals surface area contributed by atoms with Crippen molar-refractivity contribution in [3.8, 4) is 0 Å². The summed E-state index contributed by atoms with van der Waals surface area (Å²) in [6.45, 7) is 7.78. The number of hydrogen-bond donors (Lipinski definition) is 1. The predicted molar refractivity (Wildman–Crippen MR) is 100 cm³/mol. The van der Waals surface area contributed by atoms with Crippen LogP contribution in [-0.4, -0.2) is 45.5 Å². The fourth-order valence-corrected chi connectivity index (χ4v) is 3.93. The van der Waals surface area contributed by atoms with Gasteiger partial charge < -0.3 is 14.3 Å². The number of hydrogen-bond acceptors (Lipinski definition) is 5. The fourth-order valence-electron chi connectivity index (χ4n) is 3.93. The first-order chi connectivity index (χ1) is 12.4. The standard InChI is InChI=1S/C19H28N4O3/c1-12-7-5-8-13(2)23(12)10-6-9-20-17(24)15-14(3)26-18-16(15)19(25)22(4)11-21-18/h11-13H,5-10H2,1-4H3,(H,20,24)/t12-,13-/m0/s1. The lowest BCUT2D eigenvalue weighted by Crippen LogP contribution is -2.44. The molecule has 26 heavy (non-hydrogen) atoms. The van der Waals surface area contributed by atoms with Crippen molar-refractivity contribution in [1.29, 1.82) is 0 Å². The van der Waals surface area contributed by atoms with Crippen molar-refractivity contribution in [2.45, 2.75) is 58.5 Å². The summed E-state index contributed by atoms with van der Waals surface area (Å²) in [7, 11) is 1.61. The van der Waals surface area contributed by atoms with Gasteiger partial charge in [-0.2, -0.15) is 0 Å². The zero-order valence-electron chi connectivity index (χ0n) is 16.0. The Morgan fingerprint density at radius 2 is 2.04 bits per heavy atom. The van der Waals surface area contributed by atoms with Crippen LogP contribution in [0.4, 0.5) is 0 Å². The third kappa shape index (κ3) is 3.53. The smallest absolute Gasteiger partial charge is 0.265 e. The van der Waals surface area contributed by atoms with Crippen LogP contribution in [0, 0.1) is 6.92 Å². The molecule has 0 aliphatic carbocycles. The Hall–Kier alpha value is -2.15. The van der Waals surface area contributed by atoms with Crippen molar-refractivity contribution in [2.75, 3.05) is 13.1 Å². The van der Waals surface area contributed by atoms with Crippen LogP contribution in [0.5, 0.6) is 0 Å². The zero-order chi connectivity index (χ0) is 18.8. The highest BCUT2D eigenvalue weighted by Gasteiger charge is 2.25. The molecule has 2 aromatic heterocycles. The van der Waals surface area contributed by atoms with Gasteiger partial charge in [-0.25, -0.2) is 4.98 Å². The van der Waals surface area contributed by atoms with Crippen molar-refractivity contribution in [2.24, 2.45) is 7.05 Å². The Kier molecular flexibility index (Phi) is 5.46. The van der Waals surface area contributed by atoms with Crippen LogP contribution in [0.25, 0.3) is 11.1 Å². The van der Waals surface area contributed by atoms with E-state index in [1.54, 1.807) is 14.0 Å². The lowest BCUT2D eigenvalue weighted by atomic mass is 9.97. The molecule has 0 unspecified atom stereocenters. The van der Waals surface area contributed by atoms with Crippen molar-refractivity contribution in [3.63, 3.8) is 0 Å². The van der Waals surface area contributed by atoms with Gasteiger partial charge in [0.2, 0.25) is 5.71 Å². The SMILES string of the molecule is Cc1oc2ncn(C)c(=O)c2c1C(=O)NCCCN1[C@@H](C)CCC[C@@H]1C. The minimum Gasteiger partial charge on any atom is -0.442 e. The van der Waals surface area contributed by atoms with Gasteiger partial charge in [-0.05, 0) is 40.0 Å². The molecule has 2 atom stereocenters. The van der Waals surface area contributed by atoms with Crippen LogP contribution in [0.15, 0.2) is 15.5 Å². The highest BCUT2D eigenvalue weighted by molar-refractivity contribution is 6.06. The van der Waals surface area contributed by atoms with E-state index in [2.05, 4.69) is 29.0 Å². The summed E-state index contributed by atoms with van der Waals surface area (Å²) in [5, 5.41) is 3.19. The van der Waals surface area contributed by atoms with Crippen LogP contribution in [0.3, 0.4) is 0 Å². The molecule has 7 heteroatoms. The van der Waals surface area contributed by atoms with Crippen molar-refractivity contribution >= 4 is 17.0 Å². The molecule has 0 bridgehead atoms. The van der Waals surface area contributed by atoms with E-state index in [1.807, 2.05) is 0 Å². The molecular formula is C19H28N4O3. The number of aromatic nitrogens is 2. The third-order valence-corrected chi connectivity index (χ3v) is 5.43. The molecule has 7 nitrogen and oxygen atoms in total. The number of amides is 1. The van der Waals surface area contributed by atoms with Crippen LogP contribution in [-0.2, 0) is 7.05 Å². The number of likely N-dealkylation sites (tertiary alicyclic amines) is 1. The average Bonchev–Trinajstić information content (AvgIpc) is 2.94. The number of carbonyl (C=O) groups excluding carboxylic acids is 1. The lowest BCUT2D eigenvalue weighted by molar-refractivity contribution is 0.0925. The first-order valence-corrected chi connectivity index (χ1v) is 9.38. The third-order valence-electron chi connectivity index (χ3n) is 5.43. The second kappa shape index (κ2) is 7.61. The van der Waals surface area contributed by atoms with Crippen LogP contribution in [0.1, 0.15) is 55.6 Å². The molecule has 1 N–H and O–H groups in total. The molecule has 1 fully saturated rings. The topological polar surface area (TPSA) is 80.4 Å². The summed E-state index contributed by atoms with van der Waals surface area (Å²) in [5.74, 6) is 0.151.